The Bertz CT molecular complexity index is 398. The van der Waals surface area contributed by atoms with Crippen LogP contribution in [0.15, 0.2) is 22.7 Å². The molecule has 0 saturated carbocycles. The van der Waals surface area contributed by atoms with Crippen LogP contribution in [0.4, 0.5) is 11.4 Å². The second-order valence-corrected chi connectivity index (χ2v) is 4.46. The van der Waals surface area contributed by atoms with E-state index in [1.807, 2.05) is 11.8 Å². The molecule has 0 aliphatic carbocycles. The van der Waals surface area contributed by atoms with Crippen molar-refractivity contribution in [2.75, 3.05) is 24.6 Å². The van der Waals surface area contributed by atoms with Crippen molar-refractivity contribution in [2.45, 2.75) is 13.3 Å². The summed E-state index contributed by atoms with van der Waals surface area (Å²) in [6.45, 7) is 3.28. The van der Waals surface area contributed by atoms with Gasteiger partial charge in [0.1, 0.15) is 5.69 Å². The van der Waals surface area contributed by atoms with Crippen LogP contribution in [-0.4, -0.2) is 29.7 Å². The third-order valence-corrected chi connectivity index (χ3v) is 2.94. The number of rotatable bonds is 6. The molecule has 0 aliphatic heterocycles. The lowest BCUT2D eigenvalue weighted by molar-refractivity contribution is -0.384. The Morgan fingerprint density at radius 3 is 2.76 bits per heavy atom. The number of nitrogens with zero attached hydrogens (tertiary/aromatic N) is 2. The first-order valence-electron chi connectivity index (χ1n) is 5.40. The summed E-state index contributed by atoms with van der Waals surface area (Å²) < 4.78 is 0.806. The minimum absolute atomic E-state index is 0.0816. The summed E-state index contributed by atoms with van der Waals surface area (Å²) in [7, 11) is 0. The van der Waals surface area contributed by atoms with Crippen molar-refractivity contribution in [3.63, 3.8) is 0 Å². The molecule has 0 aliphatic rings. The molecule has 1 aromatic carbocycles. The van der Waals surface area contributed by atoms with Crippen molar-refractivity contribution in [3.8, 4) is 0 Å². The average Bonchev–Trinajstić information content (AvgIpc) is 2.29. The highest BCUT2D eigenvalue weighted by Gasteiger charge is 2.18. The fourth-order valence-electron chi connectivity index (χ4n) is 1.61. The molecule has 0 unspecified atom stereocenters. The minimum atomic E-state index is -0.386. The molecule has 5 nitrogen and oxygen atoms in total. The van der Waals surface area contributed by atoms with Crippen LogP contribution in [0.3, 0.4) is 0 Å². The maximum absolute atomic E-state index is 10.9. The fourth-order valence-corrected chi connectivity index (χ4v) is 1.96. The molecule has 0 radical (unpaired) electrons. The molecule has 0 aromatic heterocycles. The van der Waals surface area contributed by atoms with Crippen molar-refractivity contribution in [1.29, 1.82) is 0 Å². The van der Waals surface area contributed by atoms with Gasteiger partial charge in [-0.3, -0.25) is 10.1 Å². The van der Waals surface area contributed by atoms with Gasteiger partial charge in [-0.05, 0) is 25.5 Å². The normalized spacial score (nSPS) is 10.3. The van der Waals surface area contributed by atoms with Gasteiger partial charge in [-0.25, -0.2) is 0 Å². The van der Waals surface area contributed by atoms with Gasteiger partial charge in [-0.15, -0.1) is 0 Å². The van der Waals surface area contributed by atoms with E-state index in [-0.39, 0.29) is 17.2 Å². The standard InChI is InChI=1S/C11H15BrN2O3/c1-2-13(6-3-7-15)11-8-9(12)4-5-10(11)14(16)17/h4-5,8,15H,2-3,6-7H2,1H3. The molecule has 0 atom stereocenters. The first-order valence-corrected chi connectivity index (χ1v) is 6.19. The molecule has 1 N–H and O–H groups in total. The lowest BCUT2D eigenvalue weighted by atomic mass is 10.2. The number of anilines is 1. The molecule has 0 amide bonds. The van der Waals surface area contributed by atoms with Gasteiger partial charge in [0.05, 0.1) is 4.92 Å². The summed E-state index contributed by atoms with van der Waals surface area (Å²) in [6, 6.07) is 4.88. The predicted octanol–water partition coefficient (Wildman–Crippen LogP) is 2.57. The molecule has 0 heterocycles. The van der Waals surface area contributed by atoms with Gasteiger partial charge in [0.15, 0.2) is 0 Å². The summed E-state index contributed by atoms with van der Waals surface area (Å²) in [4.78, 5) is 12.4. The summed E-state index contributed by atoms with van der Waals surface area (Å²) >= 11 is 3.31. The smallest absolute Gasteiger partial charge is 0.292 e. The average molecular weight is 303 g/mol. The van der Waals surface area contributed by atoms with Gasteiger partial charge in [-0.1, -0.05) is 15.9 Å². The number of nitro groups is 1. The monoisotopic (exact) mass is 302 g/mol. The number of aliphatic hydroxyl groups excluding tert-OH is 1. The second-order valence-electron chi connectivity index (χ2n) is 3.55. The Balaban J connectivity index is 3.06. The minimum Gasteiger partial charge on any atom is -0.396 e. The zero-order chi connectivity index (χ0) is 12.8. The Labute approximate surface area is 108 Å². The first-order chi connectivity index (χ1) is 8.10. The van der Waals surface area contributed by atoms with Gasteiger partial charge in [0.25, 0.3) is 5.69 Å². The van der Waals surface area contributed by atoms with Gasteiger partial charge in [0.2, 0.25) is 0 Å². The molecular weight excluding hydrogens is 288 g/mol. The SMILES string of the molecule is CCN(CCCO)c1cc(Br)ccc1[N+](=O)[O-]. The van der Waals surface area contributed by atoms with Crippen molar-refractivity contribution < 1.29 is 10.0 Å². The van der Waals surface area contributed by atoms with Crippen molar-refractivity contribution in [1.82, 2.24) is 0 Å². The van der Waals surface area contributed by atoms with Crippen LogP contribution in [0.5, 0.6) is 0 Å². The highest BCUT2D eigenvalue weighted by atomic mass is 79.9. The number of benzene rings is 1. The van der Waals surface area contributed by atoms with Crippen LogP contribution < -0.4 is 4.90 Å². The summed E-state index contributed by atoms with van der Waals surface area (Å²) in [5.41, 5.74) is 0.674. The zero-order valence-electron chi connectivity index (χ0n) is 9.60. The number of halogens is 1. The highest BCUT2D eigenvalue weighted by molar-refractivity contribution is 9.10. The Hall–Kier alpha value is -1.14. The molecule has 6 heteroatoms. The number of aliphatic hydroxyl groups is 1. The molecule has 0 fully saturated rings. The molecular formula is C11H15BrN2O3. The van der Waals surface area contributed by atoms with E-state index >= 15 is 0 Å². The van der Waals surface area contributed by atoms with E-state index in [2.05, 4.69) is 15.9 Å². The molecule has 17 heavy (non-hydrogen) atoms. The lowest BCUT2D eigenvalue weighted by Gasteiger charge is -2.22. The van der Waals surface area contributed by atoms with Crippen molar-refractivity contribution >= 4 is 27.3 Å². The van der Waals surface area contributed by atoms with Gasteiger partial charge in [0, 0.05) is 30.2 Å². The number of nitro benzene ring substituents is 1. The first kappa shape index (κ1) is 13.9. The van der Waals surface area contributed by atoms with E-state index in [9.17, 15) is 10.1 Å². The van der Waals surface area contributed by atoms with Crippen LogP contribution in [0, 0.1) is 10.1 Å². The maximum Gasteiger partial charge on any atom is 0.292 e. The Kier molecular flexibility index (Phi) is 5.37. The molecule has 94 valence electrons. The van der Waals surface area contributed by atoms with Crippen molar-refractivity contribution in [2.24, 2.45) is 0 Å². The van der Waals surface area contributed by atoms with Crippen LogP contribution in [-0.2, 0) is 0 Å². The van der Waals surface area contributed by atoms with E-state index in [1.165, 1.54) is 6.07 Å². The van der Waals surface area contributed by atoms with E-state index in [0.717, 1.165) is 4.47 Å². The topological polar surface area (TPSA) is 66.6 Å². The summed E-state index contributed by atoms with van der Waals surface area (Å²) in [6.07, 6.45) is 0.595. The van der Waals surface area contributed by atoms with Crippen LogP contribution in [0.1, 0.15) is 13.3 Å². The Morgan fingerprint density at radius 2 is 2.24 bits per heavy atom. The van der Waals surface area contributed by atoms with Crippen molar-refractivity contribution in [3.05, 3.63) is 32.8 Å². The third-order valence-electron chi connectivity index (χ3n) is 2.44. The summed E-state index contributed by atoms with van der Waals surface area (Å²) in [5, 5.41) is 19.8. The molecule has 0 bridgehead atoms. The van der Waals surface area contributed by atoms with E-state index in [4.69, 9.17) is 5.11 Å². The van der Waals surface area contributed by atoms with E-state index < -0.39 is 0 Å². The van der Waals surface area contributed by atoms with Crippen LogP contribution >= 0.6 is 15.9 Å². The zero-order valence-corrected chi connectivity index (χ0v) is 11.2. The predicted molar refractivity (Wildman–Crippen MR) is 70.4 cm³/mol. The quantitative estimate of drug-likeness (QED) is 0.648. The third kappa shape index (κ3) is 3.67. The molecule has 0 spiro atoms. The molecule has 1 rings (SSSR count). The fraction of sp³-hybridized carbons (Fsp3) is 0.455. The van der Waals surface area contributed by atoms with Crippen LogP contribution in [0.2, 0.25) is 0 Å². The highest BCUT2D eigenvalue weighted by Crippen LogP contribution is 2.31. The maximum atomic E-state index is 10.9. The summed E-state index contributed by atoms with van der Waals surface area (Å²) in [5.74, 6) is 0. The van der Waals surface area contributed by atoms with E-state index in [0.29, 0.717) is 25.2 Å². The van der Waals surface area contributed by atoms with E-state index in [1.54, 1.807) is 12.1 Å². The second kappa shape index (κ2) is 6.56. The lowest BCUT2D eigenvalue weighted by Crippen LogP contribution is -2.25. The largest absolute Gasteiger partial charge is 0.396 e. The van der Waals surface area contributed by atoms with Gasteiger partial charge < -0.3 is 10.0 Å². The van der Waals surface area contributed by atoms with Gasteiger partial charge >= 0.3 is 0 Å². The van der Waals surface area contributed by atoms with Gasteiger partial charge in [-0.2, -0.15) is 0 Å². The molecule has 0 saturated heterocycles. The van der Waals surface area contributed by atoms with Crippen LogP contribution in [0.25, 0.3) is 0 Å². The Morgan fingerprint density at radius 1 is 1.53 bits per heavy atom. The number of hydrogen-bond donors (Lipinski definition) is 1. The number of hydrogen-bond acceptors (Lipinski definition) is 4. The molecule has 1 aromatic rings.